The molecule has 0 aliphatic rings. The van der Waals surface area contributed by atoms with E-state index in [0.29, 0.717) is 4.90 Å². The summed E-state index contributed by atoms with van der Waals surface area (Å²) in [4.78, 5) is 4.44. The Morgan fingerprint density at radius 3 is 2.33 bits per heavy atom. The number of rotatable bonds is 3. The zero-order valence-electron chi connectivity index (χ0n) is 9.38. The van der Waals surface area contributed by atoms with Crippen molar-refractivity contribution in [1.29, 1.82) is 0 Å². The minimum absolute atomic E-state index is 0.0268. The van der Waals surface area contributed by atoms with Crippen molar-refractivity contribution in [2.75, 3.05) is 12.4 Å². The monoisotopic (exact) mass is 270 g/mol. The lowest BCUT2D eigenvalue weighted by atomic mass is 10.4. The molecule has 0 bridgehead atoms. The molecular formula is C12H9F3N2S. The number of hydrogen-bond donors (Lipinski definition) is 1. The molecule has 2 aromatic rings. The highest BCUT2D eigenvalue weighted by Crippen LogP contribution is 2.30. The van der Waals surface area contributed by atoms with E-state index >= 15 is 0 Å². The van der Waals surface area contributed by atoms with Gasteiger partial charge in [0.25, 0.3) is 0 Å². The van der Waals surface area contributed by atoms with Crippen LogP contribution in [0.4, 0.5) is 19.0 Å². The van der Waals surface area contributed by atoms with Gasteiger partial charge in [0.15, 0.2) is 17.5 Å². The van der Waals surface area contributed by atoms with Gasteiger partial charge in [-0.05, 0) is 24.3 Å². The fraction of sp³-hybridized carbons (Fsp3) is 0.0833. The first-order valence-corrected chi connectivity index (χ1v) is 5.89. The van der Waals surface area contributed by atoms with Gasteiger partial charge < -0.3 is 5.32 Å². The SMILES string of the molecule is CNc1nc(Sc2ccc(F)cc2)c(F)cc1F. The van der Waals surface area contributed by atoms with Crippen LogP contribution >= 0.6 is 11.8 Å². The van der Waals surface area contributed by atoms with Crippen LogP contribution in [0.1, 0.15) is 0 Å². The smallest absolute Gasteiger partial charge is 0.168 e. The molecule has 0 atom stereocenters. The Hall–Kier alpha value is -1.69. The van der Waals surface area contributed by atoms with Crippen LogP contribution in [0, 0.1) is 17.5 Å². The summed E-state index contributed by atoms with van der Waals surface area (Å²) in [5.74, 6) is -1.90. The molecule has 1 heterocycles. The van der Waals surface area contributed by atoms with Crippen molar-refractivity contribution in [3.8, 4) is 0 Å². The van der Waals surface area contributed by atoms with E-state index in [9.17, 15) is 13.2 Å². The summed E-state index contributed by atoms with van der Waals surface area (Å²) in [7, 11) is 1.50. The van der Waals surface area contributed by atoms with Gasteiger partial charge in [-0.1, -0.05) is 11.8 Å². The highest BCUT2D eigenvalue weighted by Gasteiger charge is 2.12. The molecule has 1 N–H and O–H groups in total. The summed E-state index contributed by atoms with van der Waals surface area (Å²) >= 11 is 1.00. The number of pyridine rings is 1. The Morgan fingerprint density at radius 2 is 1.72 bits per heavy atom. The molecule has 0 spiro atoms. The fourth-order valence-electron chi connectivity index (χ4n) is 1.31. The van der Waals surface area contributed by atoms with Crippen molar-refractivity contribution < 1.29 is 13.2 Å². The van der Waals surface area contributed by atoms with Gasteiger partial charge in [-0.25, -0.2) is 18.2 Å². The van der Waals surface area contributed by atoms with Gasteiger partial charge in [-0.15, -0.1) is 0 Å². The van der Waals surface area contributed by atoms with Gasteiger partial charge in [-0.2, -0.15) is 0 Å². The molecule has 0 amide bonds. The predicted molar refractivity (Wildman–Crippen MR) is 64.2 cm³/mol. The van der Waals surface area contributed by atoms with Gasteiger partial charge >= 0.3 is 0 Å². The molecular weight excluding hydrogens is 261 g/mol. The van der Waals surface area contributed by atoms with Crippen molar-refractivity contribution in [3.63, 3.8) is 0 Å². The lowest BCUT2D eigenvalue weighted by molar-refractivity contribution is 0.551. The van der Waals surface area contributed by atoms with E-state index < -0.39 is 11.6 Å². The van der Waals surface area contributed by atoms with E-state index in [0.717, 1.165) is 17.8 Å². The normalized spacial score (nSPS) is 10.4. The molecule has 0 fully saturated rings. The molecule has 6 heteroatoms. The van der Waals surface area contributed by atoms with E-state index in [-0.39, 0.29) is 16.7 Å². The fourth-order valence-corrected chi connectivity index (χ4v) is 2.10. The summed E-state index contributed by atoms with van der Waals surface area (Å²) in [5.41, 5.74) is 0. The van der Waals surface area contributed by atoms with Crippen LogP contribution in [0.5, 0.6) is 0 Å². The average molecular weight is 270 g/mol. The van der Waals surface area contributed by atoms with E-state index in [2.05, 4.69) is 10.3 Å². The second kappa shape index (κ2) is 5.30. The number of nitrogens with one attached hydrogen (secondary N) is 1. The molecule has 0 saturated heterocycles. The largest absolute Gasteiger partial charge is 0.371 e. The van der Waals surface area contributed by atoms with Crippen molar-refractivity contribution in [2.24, 2.45) is 0 Å². The lowest BCUT2D eigenvalue weighted by Gasteiger charge is -2.06. The Bertz CT molecular complexity index is 558. The number of hydrogen-bond acceptors (Lipinski definition) is 3. The Labute approximate surface area is 106 Å². The molecule has 0 aliphatic heterocycles. The van der Waals surface area contributed by atoms with Gasteiger partial charge in [0.1, 0.15) is 10.8 Å². The topological polar surface area (TPSA) is 24.9 Å². The molecule has 1 aromatic carbocycles. The van der Waals surface area contributed by atoms with Crippen LogP contribution in [0.3, 0.4) is 0 Å². The summed E-state index contributed by atoms with van der Waals surface area (Å²) in [6, 6.07) is 6.31. The van der Waals surface area contributed by atoms with Crippen LogP contribution in [0.2, 0.25) is 0 Å². The van der Waals surface area contributed by atoms with Crippen LogP contribution < -0.4 is 5.32 Å². The average Bonchev–Trinajstić information content (AvgIpc) is 2.35. The standard InChI is InChI=1S/C12H9F3N2S/c1-16-11-9(14)6-10(15)12(17-11)18-8-4-2-7(13)3-5-8/h2-6H,1H3,(H,16,17). The first kappa shape index (κ1) is 12.8. The van der Waals surface area contributed by atoms with Crippen LogP contribution in [0.15, 0.2) is 40.3 Å². The van der Waals surface area contributed by atoms with E-state index in [1.165, 1.54) is 31.3 Å². The maximum Gasteiger partial charge on any atom is 0.168 e. The zero-order valence-corrected chi connectivity index (χ0v) is 10.2. The van der Waals surface area contributed by atoms with Gasteiger partial charge in [0.05, 0.1) is 0 Å². The van der Waals surface area contributed by atoms with Gasteiger partial charge in [0, 0.05) is 18.0 Å². The van der Waals surface area contributed by atoms with E-state index in [4.69, 9.17) is 0 Å². The summed E-state index contributed by atoms with van der Waals surface area (Å²) in [5, 5.41) is 2.57. The predicted octanol–water partition coefficient (Wildman–Crippen LogP) is 3.69. The number of anilines is 1. The first-order chi connectivity index (χ1) is 8.60. The second-order valence-corrected chi connectivity index (χ2v) is 4.47. The Balaban J connectivity index is 2.31. The molecule has 2 rings (SSSR count). The van der Waals surface area contributed by atoms with Crippen LogP contribution in [0.25, 0.3) is 0 Å². The maximum atomic E-state index is 13.5. The third-order valence-corrected chi connectivity index (χ3v) is 3.15. The van der Waals surface area contributed by atoms with Crippen LogP contribution in [-0.4, -0.2) is 12.0 Å². The van der Waals surface area contributed by atoms with E-state index in [1.807, 2.05) is 0 Å². The minimum atomic E-state index is -0.751. The Kier molecular flexibility index (Phi) is 3.76. The Morgan fingerprint density at radius 1 is 1.06 bits per heavy atom. The molecule has 1 aromatic heterocycles. The highest BCUT2D eigenvalue weighted by atomic mass is 32.2. The molecule has 0 radical (unpaired) electrons. The molecule has 18 heavy (non-hydrogen) atoms. The third-order valence-electron chi connectivity index (χ3n) is 2.16. The van der Waals surface area contributed by atoms with Crippen molar-refractivity contribution in [3.05, 3.63) is 47.8 Å². The maximum absolute atomic E-state index is 13.5. The molecule has 0 saturated carbocycles. The zero-order chi connectivity index (χ0) is 13.1. The molecule has 0 unspecified atom stereocenters. The van der Waals surface area contributed by atoms with Crippen LogP contribution in [-0.2, 0) is 0 Å². The number of aromatic nitrogens is 1. The summed E-state index contributed by atoms with van der Waals surface area (Å²) in [6.07, 6.45) is 0. The molecule has 94 valence electrons. The van der Waals surface area contributed by atoms with Crippen molar-refractivity contribution in [1.82, 2.24) is 4.98 Å². The van der Waals surface area contributed by atoms with Crippen molar-refractivity contribution in [2.45, 2.75) is 9.92 Å². The minimum Gasteiger partial charge on any atom is -0.371 e. The van der Waals surface area contributed by atoms with Gasteiger partial charge in [-0.3, -0.25) is 0 Å². The highest BCUT2D eigenvalue weighted by molar-refractivity contribution is 7.99. The number of nitrogens with zero attached hydrogens (tertiary/aromatic N) is 1. The molecule has 2 nitrogen and oxygen atoms in total. The van der Waals surface area contributed by atoms with Crippen molar-refractivity contribution >= 4 is 17.6 Å². The number of halogens is 3. The molecule has 0 aliphatic carbocycles. The lowest BCUT2D eigenvalue weighted by Crippen LogP contribution is -1.99. The quantitative estimate of drug-likeness (QED) is 0.920. The second-order valence-electron chi connectivity index (χ2n) is 3.41. The third kappa shape index (κ3) is 2.76. The first-order valence-electron chi connectivity index (χ1n) is 5.07. The summed E-state index contributed by atoms with van der Waals surface area (Å²) in [6.45, 7) is 0. The van der Waals surface area contributed by atoms with Gasteiger partial charge in [0.2, 0.25) is 0 Å². The summed E-state index contributed by atoms with van der Waals surface area (Å²) < 4.78 is 39.4. The van der Waals surface area contributed by atoms with E-state index in [1.54, 1.807) is 0 Å². The number of benzene rings is 1.